The molecule has 4 heteroatoms. The van der Waals surface area contributed by atoms with Crippen molar-refractivity contribution in [3.8, 4) is 0 Å². The van der Waals surface area contributed by atoms with E-state index in [1.165, 1.54) is 0 Å². The van der Waals surface area contributed by atoms with Gasteiger partial charge in [0.25, 0.3) is 0 Å². The first-order chi connectivity index (χ1) is 6.29. The topological polar surface area (TPSA) is 63.3 Å². The highest BCUT2D eigenvalue weighted by Crippen LogP contribution is 2.51. The average Bonchev–Trinajstić information content (AvgIpc) is 2.30. The Bertz CT molecular complexity index is 237. The third-order valence-corrected chi connectivity index (χ3v) is 4.84. The first-order valence-corrected chi connectivity index (χ1v) is 5.97. The van der Waals surface area contributed by atoms with Gasteiger partial charge in [-0.2, -0.15) is 11.8 Å². The van der Waals surface area contributed by atoms with Crippen molar-refractivity contribution in [2.24, 2.45) is 11.1 Å². The van der Waals surface area contributed by atoms with Crippen molar-refractivity contribution < 1.29 is 9.90 Å². The molecule has 2 atom stereocenters. The monoisotopic (exact) mass is 217 g/mol. The fraction of sp³-hybridized carbons (Fsp3) is 0.900. The third-order valence-electron chi connectivity index (χ3n) is 3.44. The summed E-state index contributed by atoms with van der Waals surface area (Å²) in [5.74, 6) is 0.285. The maximum Gasteiger partial charge on any atom is 0.304 e. The fourth-order valence-corrected chi connectivity index (χ4v) is 4.02. The van der Waals surface area contributed by atoms with E-state index in [1.807, 2.05) is 25.6 Å². The van der Waals surface area contributed by atoms with E-state index in [-0.39, 0.29) is 11.8 Å². The summed E-state index contributed by atoms with van der Waals surface area (Å²) >= 11 is 1.83. The van der Waals surface area contributed by atoms with Crippen LogP contribution in [0.5, 0.6) is 0 Å². The van der Waals surface area contributed by atoms with Crippen LogP contribution in [0.2, 0.25) is 0 Å². The van der Waals surface area contributed by atoms with Gasteiger partial charge < -0.3 is 10.8 Å². The van der Waals surface area contributed by atoms with E-state index in [2.05, 4.69) is 6.92 Å². The van der Waals surface area contributed by atoms with Crippen molar-refractivity contribution in [3.63, 3.8) is 0 Å². The quantitative estimate of drug-likeness (QED) is 0.755. The van der Waals surface area contributed by atoms with E-state index >= 15 is 0 Å². The van der Waals surface area contributed by atoms with Crippen molar-refractivity contribution in [1.82, 2.24) is 0 Å². The highest BCUT2D eigenvalue weighted by Gasteiger charge is 2.51. The second-order valence-electron chi connectivity index (χ2n) is 4.71. The molecule has 14 heavy (non-hydrogen) atoms. The molecule has 0 amide bonds. The van der Waals surface area contributed by atoms with Gasteiger partial charge >= 0.3 is 5.97 Å². The van der Waals surface area contributed by atoms with E-state index in [9.17, 15) is 4.79 Å². The van der Waals surface area contributed by atoms with Crippen LogP contribution in [-0.4, -0.2) is 27.6 Å². The van der Waals surface area contributed by atoms with Crippen LogP contribution in [0.3, 0.4) is 0 Å². The van der Waals surface area contributed by atoms with E-state index in [4.69, 9.17) is 10.8 Å². The number of aliphatic carboxylic acids is 1. The lowest BCUT2D eigenvalue weighted by Crippen LogP contribution is -2.54. The van der Waals surface area contributed by atoms with Crippen LogP contribution in [-0.2, 0) is 4.79 Å². The molecule has 1 saturated heterocycles. The Kier molecular flexibility index (Phi) is 3.17. The highest BCUT2D eigenvalue weighted by molar-refractivity contribution is 8.00. The summed E-state index contributed by atoms with van der Waals surface area (Å²) < 4.78 is 0. The third kappa shape index (κ3) is 1.91. The lowest BCUT2D eigenvalue weighted by atomic mass is 9.66. The minimum atomic E-state index is -0.738. The normalized spacial score (nSPS) is 33.3. The number of carboxylic acid groups (broad SMARTS) is 1. The van der Waals surface area contributed by atoms with Gasteiger partial charge in [0.1, 0.15) is 0 Å². The molecule has 0 aromatic heterocycles. The zero-order valence-electron chi connectivity index (χ0n) is 9.04. The molecule has 0 aromatic carbocycles. The van der Waals surface area contributed by atoms with Gasteiger partial charge in [-0.3, -0.25) is 4.79 Å². The Morgan fingerprint density at radius 3 is 2.57 bits per heavy atom. The summed E-state index contributed by atoms with van der Waals surface area (Å²) in [5, 5.41) is 9.29. The Balaban J connectivity index is 2.96. The summed E-state index contributed by atoms with van der Waals surface area (Å²) in [6.07, 6.45) is 1.10. The van der Waals surface area contributed by atoms with E-state index in [1.54, 1.807) is 0 Å². The minimum absolute atomic E-state index is 0.185. The highest BCUT2D eigenvalue weighted by atomic mass is 32.2. The van der Waals surface area contributed by atoms with Crippen LogP contribution in [0.4, 0.5) is 0 Å². The number of hydrogen-bond donors (Lipinski definition) is 2. The van der Waals surface area contributed by atoms with Gasteiger partial charge in [0.15, 0.2) is 0 Å². The standard InChI is InChI=1S/C10H19NO2S/c1-7-10(4-5-14-7,6-8(12)13)9(2,3)11/h7H,4-6,11H2,1-3H3,(H,12,13). The first-order valence-electron chi connectivity index (χ1n) is 4.92. The number of carboxylic acids is 1. The Morgan fingerprint density at radius 2 is 2.29 bits per heavy atom. The number of thioether (sulfide) groups is 1. The minimum Gasteiger partial charge on any atom is -0.481 e. The van der Waals surface area contributed by atoms with Gasteiger partial charge in [-0.25, -0.2) is 0 Å². The lowest BCUT2D eigenvalue weighted by molar-refractivity contribution is -0.140. The van der Waals surface area contributed by atoms with Gasteiger partial charge in [-0.1, -0.05) is 6.92 Å². The van der Waals surface area contributed by atoms with Crippen molar-refractivity contribution in [2.45, 2.75) is 44.4 Å². The largest absolute Gasteiger partial charge is 0.481 e. The molecule has 0 saturated carbocycles. The molecule has 0 bridgehead atoms. The van der Waals surface area contributed by atoms with Gasteiger partial charge in [0, 0.05) is 16.2 Å². The smallest absolute Gasteiger partial charge is 0.304 e. The van der Waals surface area contributed by atoms with Crippen LogP contribution in [0.1, 0.15) is 33.6 Å². The van der Waals surface area contributed by atoms with Crippen LogP contribution in [0, 0.1) is 5.41 Å². The molecule has 3 nitrogen and oxygen atoms in total. The van der Waals surface area contributed by atoms with Crippen LogP contribution < -0.4 is 5.73 Å². The molecule has 82 valence electrons. The molecule has 1 aliphatic heterocycles. The SMILES string of the molecule is CC1SCCC1(CC(=O)O)C(C)(C)N. The summed E-state index contributed by atoms with van der Waals surface area (Å²) in [6.45, 7) is 5.98. The number of rotatable bonds is 3. The summed E-state index contributed by atoms with van der Waals surface area (Å²) in [4.78, 5) is 10.9. The van der Waals surface area contributed by atoms with Crippen molar-refractivity contribution in [1.29, 1.82) is 0 Å². The second kappa shape index (κ2) is 3.74. The lowest BCUT2D eigenvalue weighted by Gasteiger charge is -2.43. The summed E-state index contributed by atoms with van der Waals surface area (Å²) in [7, 11) is 0. The van der Waals surface area contributed by atoms with Crippen LogP contribution >= 0.6 is 11.8 Å². The molecule has 1 rings (SSSR count). The maximum atomic E-state index is 10.9. The number of carbonyl (C=O) groups is 1. The zero-order valence-corrected chi connectivity index (χ0v) is 9.86. The molecule has 2 unspecified atom stereocenters. The molecule has 0 spiro atoms. The van der Waals surface area contributed by atoms with Gasteiger partial charge in [0.2, 0.25) is 0 Å². The van der Waals surface area contributed by atoms with Gasteiger partial charge in [-0.15, -0.1) is 0 Å². The predicted molar refractivity (Wildman–Crippen MR) is 59.5 cm³/mol. The van der Waals surface area contributed by atoms with E-state index in [0.29, 0.717) is 5.25 Å². The second-order valence-corrected chi connectivity index (χ2v) is 6.16. The molecular formula is C10H19NO2S. The molecule has 1 aliphatic rings. The van der Waals surface area contributed by atoms with Crippen molar-refractivity contribution in [2.75, 3.05) is 5.75 Å². The zero-order chi connectivity index (χ0) is 11.0. The average molecular weight is 217 g/mol. The molecule has 0 radical (unpaired) electrons. The number of nitrogens with two attached hydrogens (primary N) is 1. The number of hydrogen-bond acceptors (Lipinski definition) is 3. The van der Waals surface area contributed by atoms with Crippen molar-refractivity contribution >= 4 is 17.7 Å². The molecular weight excluding hydrogens is 198 g/mol. The van der Waals surface area contributed by atoms with E-state index in [0.717, 1.165) is 12.2 Å². The summed E-state index contributed by atoms with van der Waals surface area (Å²) in [5.41, 5.74) is 5.47. The Hall–Kier alpha value is -0.220. The molecule has 0 aliphatic carbocycles. The van der Waals surface area contributed by atoms with Crippen molar-refractivity contribution in [3.05, 3.63) is 0 Å². The Labute approximate surface area is 89.4 Å². The first kappa shape index (κ1) is 11.9. The molecule has 1 fully saturated rings. The molecule has 3 N–H and O–H groups in total. The van der Waals surface area contributed by atoms with Gasteiger partial charge in [0.05, 0.1) is 6.42 Å². The van der Waals surface area contributed by atoms with E-state index < -0.39 is 11.5 Å². The maximum absolute atomic E-state index is 10.9. The Morgan fingerprint density at radius 1 is 1.71 bits per heavy atom. The fourth-order valence-electron chi connectivity index (χ4n) is 2.36. The predicted octanol–water partition coefficient (Wildman–Crippen LogP) is 1.71. The molecule has 0 aromatic rings. The van der Waals surface area contributed by atoms with Crippen LogP contribution in [0.15, 0.2) is 0 Å². The molecule has 1 heterocycles. The summed E-state index contributed by atoms with van der Waals surface area (Å²) in [6, 6.07) is 0. The van der Waals surface area contributed by atoms with Crippen LogP contribution in [0.25, 0.3) is 0 Å². The van der Waals surface area contributed by atoms with Gasteiger partial charge in [-0.05, 0) is 26.0 Å².